The molecule has 2 aromatic carbocycles. The van der Waals surface area contributed by atoms with Crippen LogP contribution in [0.2, 0.25) is 15.1 Å². The van der Waals surface area contributed by atoms with Gasteiger partial charge in [0.1, 0.15) is 5.82 Å². The van der Waals surface area contributed by atoms with Crippen LogP contribution in [0.4, 0.5) is 0 Å². The molecular weight excluding hydrogens is 338 g/mol. The van der Waals surface area contributed by atoms with Crippen LogP contribution in [-0.2, 0) is 5.88 Å². The number of para-hydroxylation sites is 2. The normalized spacial score (nSPS) is 11.2. The summed E-state index contributed by atoms with van der Waals surface area (Å²) >= 11 is 24.3. The molecule has 2 nitrogen and oxygen atoms in total. The minimum absolute atomic E-state index is 0.269. The summed E-state index contributed by atoms with van der Waals surface area (Å²) in [6.07, 6.45) is 0. The molecular formula is C14H8Cl4N2. The second-order valence-corrected chi connectivity index (χ2v) is 5.69. The van der Waals surface area contributed by atoms with Crippen molar-refractivity contribution < 1.29 is 0 Å². The van der Waals surface area contributed by atoms with Crippen LogP contribution in [0.25, 0.3) is 16.7 Å². The van der Waals surface area contributed by atoms with Gasteiger partial charge in [0.25, 0.3) is 0 Å². The monoisotopic (exact) mass is 344 g/mol. The smallest absolute Gasteiger partial charge is 0.129 e. The van der Waals surface area contributed by atoms with Gasteiger partial charge in [0.05, 0.1) is 37.7 Å². The Morgan fingerprint density at radius 3 is 2.40 bits per heavy atom. The predicted octanol–water partition coefficient (Wildman–Crippen LogP) is 5.72. The van der Waals surface area contributed by atoms with E-state index in [-0.39, 0.29) is 5.88 Å². The van der Waals surface area contributed by atoms with Gasteiger partial charge in [-0.15, -0.1) is 11.6 Å². The van der Waals surface area contributed by atoms with Crippen LogP contribution in [0, 0.1) is 0 Å². The van der Waals surface area contributed by atoms with Crippen molar-refractivity contribution in [2.75, 3.05) is 0 Å². The lowest BCUT2D eigenvalue weighted by atomic mass is 10.2. The first-order valence-electron chi connectivity index (χ1n) is 5.79. The van der Waals surface area contributed by atoms with Gasteiger partial charge in [-0.05, 0) is 24.3 Å². The Balaban J connectivity index is 2.36. The Morgan fingerprint density at radius 1 is 0.950 bits per heavy atom. The fraction of sp³-hybridized carbons (Fsp3) is 0.0714. The largest absolute Gasteiger partial charge is 0.294 e. The number of hydrogen-bond acceptors (Lipinski definition) is 1. The molecule has 0 fully saturated rings. The van der Waals surface area contributed by atoms with Crippen LogP contribution in [0.1, 0.15) is 5.82 Å². The highest BCUT2D eigenvalue weighted by atomic mass is 35.5. The van der Waals surface area contributed by atoms with Crippen molar-refractivity contribution in [1.82, 2.24) is 9.55 Å². The molecule has 6 heteroatoms. The maximum atomic E-state index is 6.29. The van der Waals surface area contributed by atoms with Crippen molar-refractivity contribution in [1.29, 1.82) is 0 Å². The van der Waals surface area contributed by atoms with Crippen LogP contribution in [-0.4, -0.2) is 9.55 Å². The van der Waals surface area contributed by atoms with Crippen LogP contribution < -0.4 is 0 Å². The fourth-order valence-corrected chi connectivity index (χ4v) is 2.92. The molecule has 0 aliphatic heterocycles. The molecule has 0 saturated carbocycles. The van der Waals surface area contributed by atoms with E-state index in [1.165, 1.54) is 0 Å². The SMILES string of the molecule is ClCc1nc2ccccc2n1-c1cc(Cl)c(Cl)cc1Cl. The van der Waals surface area contributed by atoms with Gasteiger partial charge >= 0.3 is 0 Å². The standard InChI is InChI=1S/C14H8Cl4N2/c15-7-14-19-11-3-1-2-4-12(11)20(14)13-6-9(17)8(16)5-10(13)18/h1-6H,7H2. The molecule has 0 atom stereocenters. The number of imidazole rings is 1. The van der Waals surface area contributed by atoms with Crippen LogP contribution >= 0.6 is 46.4 Å². The summed E-state index contributed by atoms with van der Waals surface area (Å²) in [6, 6.07) is 11.1. The zero-order valence-electron chi connectivity index (χ0n) is 10.1. The van der Waals surface area contributed by atoms with E-state index in [9.17, 15) is 0 Å². The summed E-state index contributed by atoms with van der Waals surface area (Å²) < 4.78 is 1.90. The van der Waals surface area contributed by atoms with Gasteiger partial charge in [-0.2, -0.15) is 0 Å². The summed E-state index contributed by atoms with van der Waals surface area (Å²) in [5.74, 6) is 0.971. The molecule has 0 spiro atoms. The van der Waals surface area contributed by atoms with E-state index in [0.717, 1.165) is 11.0 Å². The van der Waals surface area contributed by atoms with Gasteiger partial charge < -0.3 is 0 Å². The number of alkyl halides is 1. The molecule has 1 heterocycles. The van der Waals surface area contributed by atoms with Crippen molar-refractivity contribution in [3.05, 3.63) is 57.3 Å². The van der Waals surface area contributed by atoms with Gasteiger partial charge in [0.15, 0.2) is 0 Å². The first kappa shape index (κ1) is 14.0. The topological polar surface area (TPSA) is 17.8 Å². The lowest BCUT2D eigenvalue weighted by Crippen LogP contribution is -2.00. The summed E-state index contributed by atoms with van der Waals surface area (Å²) in [5, 5.41) is 1.34. The highest BCUT2D eigenvalue weighted by Gasteiger charge is 2.15. The van der Waals surface area contributed by atoms with Crippen molar-refractivity contribution in [3.63, 3.8) is 0 Å². The number of nitrogens with zero attached hydrogens (tertiary/aromatic N) is 2. The molecule has 20 heavy (non-hydrogen) atoms. The molecule has 0 aliphatic rings. The highest BCUT2D eigenvalue weighted by molar-refractivity contribution is 6.43. The number of hydrogen-bond donors (Lipinski definition) is 0. The molecule has 3 rings (SSSR count). The number of halogens is 4. The molecule has 0 saturated heterocycles. The first-order chi connectivity index (χ1) is 9.61. The van der Waals surface area contributed by atoms with E-state index < -0.39 is 0 Å². The Kier molecular flexibility index (Phi) is 3.83. The lowest BCUT2D eigenvalue weighted by molar-refractivity contribution is 0.982. The quantitative estimate of drug-likeness (QED) is 0.428. The molecule has 102 valence electrons. The second kappa shape index (κ2) is 5.45. The third-order valence-electron chi connectivity index (χ3n) is 2.98. The summed E-state index contributed by atoms with van der Waals surface area (Å²) in [5.41, 5.74) is 2.49. The maximum absolute atomic E-state index is 6.29. The first-order valence-corrected chi connectivity index (χ1v) is 7.46. The number of rotatable bonds is 2. The zero-order valence-corrected chi connectivity index (χ0v) is 13.1. The van der Waals surface area contributed by atoms with Gasteiger partial charge in [-0.1, -0.05) is 46.9 Å². The molecule has 0 amide bonds. The van der Waals surface area contributed by atoms with E-state index in [2.05, 4.69) is 4.98 Å². The molecule has 0 N–H and O–H groups in total. The summed E-state index contributed by atoms with van der Waals surface area (Å²) in [7, 11) is 0. The number of fused-ring (bicyclic) bond motifs is 1. The van der Waals surface area contributed by atoms with Gasteiger partial charge in [0.2, 0.25) is 0 Å². The fourth-order valence-electron chi connectivity index (χ4n) is 2.12. The van der Waals surface area contributed by atoms with Crippen LogP contribution in [0.3, 0.4) is 0 Å². The lowest BCUT2D eigenvalue weighted by Gasteiger charge is -2.11. The third-order valence-corrected chi connectivity index (χ3v) is 4.24. The zero-order chi connectivity index (χ0) is 14.3. The van der Waals surface area contributed by atoms with Gasteiger partial charge in [-0.3, -0.25) is 4.57 Å². The minimum atomic E-state index is 0.269. The second-order valence-electron chi connectivity index (χ2n) is 4.20. The Bertz CT molecular complexity index is 795. The van der Waals surface area contributed by atoms with Crippen LogP contribution in [0.5, 0.6) is 0 Å². The molecule has 0 bridgehead atoms. The molecule has 0 radical (unpaired) electrons. The van der Waals surface area contributed by atoms with E-state index in [0.29, 0.717) is 26.6 Å². The highest BCUT2D eigenvalue weighted by Crippen LogP contribution is 2.34. The van der Waals surface area contributed by atoms with E-state index >= 15 is 0 Å². The van der Waals surface area contributed by atoms with E-state index in [4.69, 9.17) is 46.4 Å². The van der Waals surface area contributed by atoms with Crippen molar-refractivity contribution in [2.45, 2.75) is 5.88 Å². The average molecular weight is 346 g/mol. The Hall–Kier alpha value is -0.930. The number of benzene rings is 2. The molecule has 1 aromatic heterocycles. The van der Waals surface area contributed by atoms with Crippen molar-refractivity contribution in [2.24, 2.45) is 0 Å². The minimum Gasteiger partial charge on any atom is -0.294 e. The van der Waals surface area contributed by atoms with Crippen molar-refractivity contribution >= 4 is 57.4 Å². The van der Waals surface area contributed by atoms with E-state index in [1.54, 1.807) is 12.1 Å². The number of aromatic nitrogens is 2. The van der Waals surface area contributed by atoms with E-state index in [1.807, 2.05) is 28.8 Å². The van der Waals surface area contributed by atoms with Crippen LogP contribution in [0.15, 0.2) is 36.4 Å². The molecule has 0 aliphatic carbocycles. The predicted molar refractivity (Wildman–Crippen MR) is 85.7 cm³/mol. The van der Waals surface area contributed by atoms with Crippen molar-refractivity contribution in [3.8, 4) is 5.69 Å². The Labute approximate surface area is 135 Å². The van der Waals surface area contributed by atoms with Gasteiger partial charge in [0, 0.05) is 0 Å². The maximum Gasteiger partial charge on any atom is 0.129 e. The Morgan fingerprint density at radius 2 is 1.65 bits per heavy atom. The summed E-state index contributed by atoms with van der Waals surface area (Å²) in [6.45, 7) is 0. The summed E-state index contributed by atoms with van der Waals surface area (Å²) in [4.78, 5) is 4.50. The average Bonchev–Trinajstić information content (AvgIpc) is 2.81. The molecule has 3 aromatic rings. The van der Waals surface area contributed by atoms with Gasteiger partial charge in [-0.25, -0.2) is 4.98 Å². The third kappa shape index (κ3) is 2.27. The molecule has 0 unspecified atom stereocenters.